The Morgan fingerprint density at radius 3 is 2.14 bits per heavy atom. The van der Waals surface area contributed by atoms with Gasteiger partial charge in [0.2, 0.25) is 0 Å². The maximum Gasteiger partial charge on any atom is 0.421 e. The van der Waals surface area contributed by atoms with Crippen LogP contribution < -0.4 is 15.1 Å². The summed E-state index contributed by atoms with van der Waals surface area (Å²) in [5, 5.41) is 0. The van der Waals surface area contributed by atoms with Crippen molar-refractivity contribution in [3.63, 3.8) is 0 Å². The first-order valence-corrected chi connectivity index (χ1v) is 9.75. The molecule has 0 atom stereocenters. The van der Waals surface area contributed by atoms with Gasteiger partial charge in [-0.25, -0.2) is 0 Å². The SMILES string of the molecule is Cc1ccc2c(c1)N1B(c3ccccc3-c3ccccc31)N2c1ccccc1. The number of fused-ring (bicyclic) bond motifs is 8. The van der Waals surface area contributed by atoms with E-state index in [1.165, 1.54) is 44.9 Å². The molecule has 0 N–H and O–H groups in total. The third-order valence-corrected chi connectivity index (χ3v) is 5.87. The van der Waals surface area contributed by atoms with Crippen LogP contribution >= 0.6 is 0 Å². The lowest BCUT2D eigenvalue weighted by atomic mass is 9.59. The fourth-order valence-corrected chi connectivity index (χ4v) is 4.70. The quantitative estimate of drug-likeness (QED) is 0.405. The van der Waals surface area contributed by atoms with Crippen LogP contribution in [0.1, 0.15) is 5.56 Å². The Bertz CT molecular complexity index is 1200. The maximum atomic E-state index is 2.51. The van der Waals surface area contributed by atoms with Crippen molar-refractivity contribution in [2.24, 2.45) is 0 Å². The zero-order valence-electron chi connectivity index (χ0n) is 15.7. The average Bonchev–Trinajstić information content (AvgIpc) is 3.09. The minimum atomic E-state index is 0.116. The van der Waals surface area contributed by atoms with Crippen LogP contribution in [0.2, 0.25) is 0 Å². The molecule has 6 rings (SSSR count). The molecule has 0 amide bonds. The zero-order chi connectivity index (χ0) is 18.7. The van der Waals surface area contributed by atoms with Gasteiger partial charge in [-0.15, -0.1) is 0 Å². The van der Waals surface area contributed by atoms with Crippen LogP contribution in [0.25, 0.3) is 11.1 Å². The predicted octanol–water partition coefficient (Wildman–Crippen LogP) is 5.66. The number of nitrogens with zero attached hydrogens (tertiary/aromatic N) is 2. The Labute approximate surface area is 165 Å². The molecule has 2 heterocycles. The van der Waals surface area contributed by atoms with Gasteiger partial charge in [-0.2, -0.15) is 0 Å². The summed E-state index contributed by atoms with van der Waals surface area (Å²) in [5.74, 6) is 0. The van der Waals surface area contributed by atoms with Crippen LogP contribution in [-0.4, -0.2) is 6.98 Å². The van der Waals surface area contributed by atoms with Crippen LogP contribution in [0, 0.1) is 6.92 Å². The van der Waals surface area contributed by atoms with Crippen LogP contribution in [0.5, 0.6) is 0 Å². The molecule has 0 saturated carbocycles. The molecule has 0 aromatic heterocycles. The number of aryl methyl sites for hydroxylation is 1. The van der Waals surface area contributed by atoms with E-state index in [4.69, 9.17) is 0 Å². The molecule has 0 fully saturated rings. The number of benzene rings is 4. The fraction of sp³-hybridized carbons (Fsp3) is 0.0400. The van der Waals surface area contributed by atoms with Gasteiger partial charge in [-0.1, -0.05) is 66.7 Å². The van der Waals surface area contributed by atoms with Crippen molar-refractivity contribution < 1.29 is 0 Å². The Kier molecular flexibility index (Phi) is 3.21. The van der Waals surface area contributed by atoms with Crippen molar-refractivity contribution in [1.29, 1.82) is 0 Å². The van der Waals surface area contributed by atoms with Crippen molar-refractivity contribution in [2.45, 2.75) is 6.92 Å². The molecule has 0 unspecified atom stereocenters. The molecule has 0 bridgehead atoms. The van der Waals surface area contributed by atoms with E-state index in [1.54, 1.807) is 0 Å². The van der Waals surface area contributed by atoms with Crippen LogP contribution in [0.4, 0.5) is 22.7 Å². The third kappa shape index (κ3) is 2.04. The van der Waals surface area contributed by atoms with Gasteiger partial charge >= 0.3 is 6.98 Å². The van der Waals surface area contributed by atoms with Crippen LogP contribution in [0.15, 0.2) is 97.1 Å². The number of hydrogen-bond acceptors (Lipinski definition) is 2. The minimum Gasteiger partial charge on any atom is -0.360 e. The van der Waals surface area contributed by atoms with Crippen molar-refractivity contribution in [1.82, 2.24) is 0 Å². The first-order valence-electron chi connectivity index (χ1n) is 9.75. The summed E-state index contributed by atoms with van der Waals surface area (Å²) < 4.78 is 0. The number of rotatable bonds is 1. The topological polar surface area (TPSA) is 6.48 Å². The summed E-state index contributed by atoms with van der Waals surface area (Å²) in [6, 6.07) is 35.1. The van der Waals surface area contributed by atoms with E-state index in [0.717, 1.165) is 0 Å². The van der Waals surface area contributed by atoms with Gasteiger partial charge < -0.3 is 9.62 Å². The molecule has 28 heavy (non-hydrogen) atoms. The van der Waals surface area contributed by atoms with Crippen LogP contribution in [-0.2, 0) is 0 Å². The lowest BCUT2D eigenvalue weighted by Crippen LogP contribution is -2.55. The van der Waals surface area contributed by atoms with Gasteiger partial charge in [-0.05, 0) is 53.8 Å². The Hall–Kier alpha value is -3.46. The highest BCUT2D eigenvalue weighted by atomic mass is 15.3. The molecule has 0 aliphatic carbocycles. The third-order valence-electron chi connectivity index (χ3n) is 5.87. The molecule has 2 nitrogen and oxygen atoms in total. The second kappa shape index (κ2) is 5.77. The van der Waals surface area contributed by atoms with Crippen molar-refractivity contribution >= 4 is 35.2 Å². The van der Waals surface area contributed by atoms with Gasteiger partial charge in [0, 0.05) is 16.9 Å². The van der Waals surface area contributed by atoms with E-state index in [9.17, 15) is 0 Å². The highest BCUT2D eigenvalue weighted by Crippen LogP contribution is 2.50. The van der Waals surface area contributed by atoms with Crippen molar-refractivity contribution in [3.8, 4) is 11.1 Å². The average molecular weight is 358 g/mol. The molecule has 0 radical (unpaired) electrons. The monoisotopic (exact) mass is 358 g/mol. The summed E-state index contributed by atoms with van der Waals surface area (Å²) in [6.45, 7) is 2.29. The summed E-state index contributed by atoms with van der Waals surface area (Å²) in [4.78, 5) is 4.98. The van der Waals surface area contributed by atoms with Gasteiger partial charge in [-0.3, -0.25) is 0 Å². The molecular formula is C25H19BN2. The Balaban J connectivity index is 1.70. The molecular weight excluding hydrogens is 339 g/mol. The van der Waals surface area contributed by atoms with E-state index < -0.39 is 0 Å². The lowest BCUT2D eigenvalue weighted by Gasteiger charge is -2.36. The van der Waals surface area contributed by atoms with E-state index in [-0.39, 0.29) is 6.98 Å². The maximum absolute atomic E-state index is 2.51. The lowest BCUT2D eigenvalue weighted by molar-refractivity contribution is 1.37. The molecule has 4 aromatic rings. The molecule has 3 heteroatoms. The Morgan fingerprint density at radius 1 is 0.571 bits per heavy atom. The second-order valence-corrected chi connectivity index (χ2v) is 7.55. The normalized spacial score (nSPS) is 13.7. The predicted molar refractivity (Wildman–Crippen MR) is 119 cm³/mol. The molecule has 4 aromatic carbocycles. The van der Waals surface area contributed by atoms with Gasteiger partial charge in [0.25, 0.3) is 0 Å². The van der Waals surface area contributed by atoms with Gasteiger partial charge in [0.1, 0.15) is 0 Å². The highest BCUT2D eigenvalue weighted by Gasteiger charge is 2.47. The van der Waals surface area contributed by atoms with E-state index in [1.807, 2.05) is 0 Å². The second-order valence-electron chi connectivity index (χ2n) is 7.55. The van der Waals surface area contributed by atoms with Crippen LogP contribution in [0.3, 0.4) is 0 Å². The molecule has 0 spiro atoms. The van der Waals surface area contributed by atoms with E-state index in [0.29, 0.717) is 0 Å². The molecule has 2 aliphatic rings. The standard InChI is InChI=1S/C25H19BN2/c1-18-15-16-24-25(17-18)28-23-14-8-6-12-21(23)20-11-5-7-13-22(20)26(28)27(24)19-9-3-2-4-10-19/h2-17H,1H3. The highest BCUT2D eigenvalue weighted by molar-refractivity contribution is 6.86. The number of hydrogen-bond donors (Lipinski definition) is 0. The largest absolute Gasteiger partial charge is 0.421 e. The van der Waals surface area contributed by atoms with Gasteiger partial charge in [0.15, 0.2) is 0 Å². The smallest absolute Gasteiger partial charge is 0.360 e. The first-order chi connectivity index (χ1) is 13.8. The van der Waals surface area contributed by atoms with Crippen molar-refractivity contribution in [2.75, 3.05) is 9.62 Å². The Morgan fingerprint density at radius 2 is 1.29 bits per heavy atom. The summed E-state index contributed by atoms with van der Waals surface area (Å²) >= 11 is 0. The summed E-state index contributed by atoms with van der Waals surface area (Å²) in [6.07, 6.45) is 0. The molecule has 0 saturated heterocycles. The summed E-state index contributed by atoms with van der Waals surface area (Å²) in [5.41, 5.74) is 10.3. The number of para-hydroxylation sites is 2. The van der Waals surface area contributed by atoms with E-state index in [2.05, 4.69) is 114 Å². The zero-order valence-corrected chi connectivity index (χ0v) is 15.7. The fourth-order valence-electron chi connectivity index (χ4n) is 4.70. The van der Waals surface area contributed by atoms with E-state index >= 15 is 0 Å². The molecule has 2 aliphatic heterocycles. The van der Waals surface area contributed by atoms with Gasteiger partial charge in [0.05, 0.1) is 11.4 Å². The minimum absolute atomic E-state index is 0.116. The number of anilines is 4. The summed E-state index contributed by atoms with van der Waals surface area (Å²) in [7, 11) is 0. The van der Waals surface area contributed by atoms with Crippen molar-refractivity contribution in [3.05, 3.63) is 103 Å². The first kappa shape index (κ1) is 15.6. The molecule has 132 valence electrons.